The molecule has 35 heavy (non-hydrogen) atoms. The van der Waals surface area contributed by atoms with Gasteiger partial charge in [0.2, 0.25) is 5.91 Å². The molecule has 182 valence electrons. The topological polar surface area (TPSA) is 103 Å². The Balaban J connectivity index is 0.000000786. The van der Waals surface area contributed by atoms with Crippen LogP contribution in [0.15, 0.2) is 64.5 Å². The summed E-state index contributed by atoms with van der Waals surface area (Å²) in [5.74, 6) is -0.307. The first kappa shape index (κ1) is 23.0. The van der Waals surface area contributed by atoms with Crippen molar-refractivity contribution in [2.45, 2.75) is 31.2 Å². The van der Waals surface area contributed by atoms with Crippen LogP contribution in [0.5, 0.6) is 11.5 Å². The lowest BCUT2D eigenvalue weighted by Crippen LogP contribution is -2.58. The van der Waals surface area contributed by atoms with Gasteiger partial charge in [-0.05, 0) is 36.8 Å². The van der Waals surface area contributed by atoms with Crippen LogP contribution in [-0.2, 0) is 15.1 Å². The number of oxazole rings is 1. The van der Waals surface area contributed by atoms with E-state index in [9.17, 15) is 4.79 Å². The van der Waals surface area contributed by atoms with Gasteiger partial charge in [-0.3, -0.25) is 9.69 Å². The second-order valence-corrected chi connectivity index (χ2v) is 8.89. The van der Waals surface area contributed by atoms with Gasteiger partial charge in [0.1, 0.15) is 34.8 Å². The van der Waals surface area contributed by atoms with E-state index >= 15 is 4.39 Å². The first-order valence-corrected chi connectivity index (χ1v) is 11.6. The quantitative estimate of drug-likeness (QED) is 0.594. The van der Waals surface area contributed by atoms with Gasteiger partial charge in [0, 0.05) is 24.8 Å². The molecule has 1 saturated heterocycles. The van der Waals surface area contributed by atoms with Crippen molar-refractivity contribution in [2.75, 3.05) is 20.3 Å². The highest BCUT2D eigenvalue weighted by Gasteiger charge is 2.52. The van der Waals surface area contributed by atoms with Gasteiger partial charge >= 0.3 is 0 Å². The number of nitrogens with zero attached hydrogens (tertiary/aromatic N) is 3. The maximum absolute atomic E-state index is 15.1. The van der Waals surface area contributed by atoms with E-state index in [1.54, 1.807) is 25.2 Å². The number of benzene rings is 2. The molecule has 1 aliphatic carbocycles. The number of rotatable bonds is 4. The minimum Gasteiger partial charge on any atom is -0.457 e. The van der Waals surface area contributed by atoms with Crippen molar-refractivity contribution in [2.24, 2.45) is 16.6 Å². The highest BCUT2D eigenvalue weighted by Crippen LogP contribution is 2.45. The normalized spacial score (nSPS) is 23.0. The van der Waals surface area contributed by atoms with Crippen molar-refractivity contribution in [3.8, 4) is 22.8 Å². The van der Waals surface area contributed by atoms with E-state index in [1.165, 1.54) is 49.0 Å². The van der Waals surface area contributed by atoms with Gasteiger partial charge in [0.05, 0.1) is 12.5 Å². The Labute approximate surface area is 202 Å². The molecular weight excluding hydrogens is 451 g/mol. The van der Waals surface area contributed by atoms with Crippen LogP contribution >= 0.6 is 0 Å². The molecule has 0 bridgehead atoms. The first-order chi connectivity index (χ1) is 17.0. The molecule has 9 heteroatoms. The summed E-state index contributed by atoms with van der Waals surface area (Å²) in [5, 5.41) is 0. The summed E-state index contributed by atoms with van der Waals surface area (Å²) >= 11 is 0. The van der Waals surface area contributed by atoms with E-state index in [2.05, 4.69) is 9.98 Å². The molecule has 2 fully saturated rings. The molecule has 8 nitrogen and oxygen atoms in total. The lowest BCUT2D eigenvalue weighted by Gasteiger charge is -2.45. The fourth-order valence-electron chi connectivity index (χ4n) is 4.27. The molecule has 0 spiro atoms. The number of aliphatic imine (C=N–C) groups is 1. The molecule has 6 rings (SSSR count). The largest absolute Gasteiger partial charge is 0.457 e. The number of amides is 1. The van der Waals surface area contributed by atoms with Gasteiger partial charge < -0.3 is 19.6 Å². The van der Waals surface area contributed by atoms with Crippen molar-refractivity contribution in [3.63, 3.8) is 0 Å². The van der Waals surface area contributed by atoms with Crippen molar-refractivity contribution >= 4 is 11.9 Å². The number of guanidine groups is 1. The van der Waals surface area contributed by atoms with Crippen LogP contribution in [0.2, 0.25) is 0 Å². The molecule has 3 aliphatic rings. The fourth-order valence-corrected chi connectivity index (χ4v) is 4.27. The predicted molar refractivity (Wildman–Crippen MR) is 127 cm³/mol. The van der Waals surface area contributed by atoms with Crippen LogP contribution in [-0.4, -0.2) is 42.0 Å². The number of nitrogens with two attached hydrogens (primary N) is 1. The zero-order chi connectivity index (χ0) is 24.4. The number of carbonyl (C=O) groups is 1. The molecule has 2 aliphatic heterocycles. The highest BCUT2D eigenvalue weighted by molar-refractivity contribution is 6.00. The lowest BCUT2D eigenvalue weighted by molar-refractivity contribution is -0.140. The maximum atomic E-state index is 15.1. The molecule has 1 saturated carbocycles. The van der Waals surface area contributed by atoms with Crippen molar-refractivity contribution in [1.82, 2.24) is 9.88 Å². The summed E-state index contributed by atoms with van der Waals surface area (Å²) in [6, 6.07) is 11.7. The zero-order valence-electron chi connectivity index (χ0n) is 19.4. The van der Waals surface area contributed by atoms with Crippen molar-refractivity contribution in [3.05, 3.63) is 66.5 Å². The second kappa shape index (κ2) is 9.50. The Morgan fingerprint density at radius 2 is 1.97 bits per heavy atom. The SMILES string of the molecule is C1CC1.CN1C(=O)C2CCOCC2(c2cc(Oc3cccc(-c4cocn4)c3)ccc2F)N=C1N. The Bertz CT molecular complexity index is 1240. The summed E-state index contributed by atoms with van der Waals surface area (Å²) < 4.78 is 31.8. The first-order valence-electron chi connectivity index (χ1n) is 11.6. The van der Waals surface area contributed by atoms with Gasteiger partial charge in [0.15, 0.2) is 12.4 Å². The van der Waals surface area contributed by atoms with Gasteiger partial charge in [0.25, 0.3) is 0 Å². The Kier molecular flexibility index (Phi) is 6.25. The van der Waals surface area contributed by atoms with Crippen LogP contribution in [0.3, 0.4) is 0 Å². The smallest absolute Gasteiger partial charge is 0.235 e. The van der Waals surface area contributed by atoms with E-state index in [-0.39, 0.29) is 24.0 Å². The Morgan fingerprint density at radius 1 is 1.17 bits per heavy atom. The van der Waals surface area contributed by atoms with Gasteiger partial charge in [-0.15, -0.1) is 0 Å². The van der Waals surface area contributed by atoms with Crippen LogP contribution < -0.4 is 10.5 Å². The number of ether oxygens (including phenoxy) is 2. The van der Waals surface area contributed by atoms with Gasteiger partial charge in [-0.2, -0.15) is 0 Å². The number of aromatic nitrogens is 1. The number of fused-ring (bicyclic) bond motifs is 1. The minimum absolute atomic E-state index is 0.0304. The van der Waals surface area contributed by atoms with Crippen LogP contribution in [0.1, 0.15) is 31.2 Å². The predicted octanol–water partition coefficient (Wildman–Crippen LogP) is 4.46. The third-order valence-electron chi connectivity index (χ3n) is 6.29. The van der Waals surface area contributed by atoms with Crippen LogP contribution in [0.4, 0.5) is 4.39 Å². The molecule has 1 amide bonds. The van der Waals surface area contributed by atoms with Crippen molar-refractivity contribution < 1.29 is 23.1 Å². The zero-order valence-corrected chi connectivity index (χ0v) is 19.4. The standard InChI is InChI=1S/C23H21FN4O4.C3H6/c1-28-21(29)17-7-8-30-12-23(17,27-22(28)25)18-10-16(5-6-19(18)24)32-15-4-2-3-14(9-15)20-11-31-13-26-20;1-2-3-1/h2-6,9-11,13,17H,7-8,12H2,1H3,(H2,25,27);1-3H2. The van der Waals surface area contributed by atoms with E-state index in [0.29, 0.717) is 30.2 Å². The highest BCUT2D eigenvalue weighted by atomic mass is 19.1. The number of hydrogen-bond acceptors (Lipinski definition) is 7. The fraction of sp³-hybridized carbons (Fsp3) is 0.346. The maximum Gasteiger partial charge on any atom is 0.235 e. The molecule has 0 radical (unpaired) electrons. The summed E-state index contributed by atoms with van der Waals surface area (Å²) in [5.41, 5.74) is 6.47. The molecular formula is C26H27FN4O4. The number of carbonyl (C=O) groups excluding carboxylic acids is 1. The molecule has 3 aromatic rings. The summed E-state index contributed by atoms with van der Waals surface area (Å²) in [6.45, 7) is 0.452. The Morgan fingerprint density at radius 3 is 2.71 bits per heavy atom. The van der Waals surface area contributed by atoms with E-state index in [4.69, 9.17) is 19.6 Å². The molecule has 2 N–H and O–H groups in total. The van der Waals surface area contributed by atoms with Gasteiger partial charge in [-0.1, -0.05) is 31.4 Å². The van der Waals surface area contributed by atoms with Crippen molar-refractivity contribution in [1.29, 1.82) is 0 Å². The minimum atomic E-state index is -1.24. The third-order valence-corrected chi connectivity index (χ3v) is 6.29. The molecule has 1 aromatic heterocycles. The number of halogens is 1. The molecule has 2 aromatic carbocycles. The summed E-state index contributed by atoms with van der Waals surface area (Å²) in [7, 11) is 1.57. The third kappa shape index (κ3) is 4.64. The second-order valence-electron chi connectivity index (χ2n) is 8.89. The molecule has 2 atom stereocenters. The van der Waals surface area contributed by atoms with Gasteiger partial charge in [-0.25, -0.2) is 14.4 Å². The molecule has 2 unspecified atom stereocenters. The van der Waals surface area contributed by atoms with E-state index in [0.717, 1.165) is 5.56 Å². The summed E-state index contributed by atoms with van der Waals surface area (Å²) in [4.78, 5) is 22.9. The monoisotopic (exact) mass is 478 g/mol. The summed E-state index contributed by atoms with van der Waals surface area (Å²) in [6.07, 6.45) is 7.81. The Hall–Kier alpha value is -3.72. The van der Waals surface area contributed by atoms with Crippen LogP contribution in [0.25, 0.3) is 11.3 Å². The average molecular weight is 479 g/mol. The van der Waals surface area contributed by atoms with Crippen LogP contribution in [0, 0.1) is 11.7 Å². The lowest BCUT2D eigenvalue weighted by atomic mass is 9.74. The average Bonchev–Trinajstić information content (AvgIpc) is 3.66. The molecule has 3 heterocycles. The number of hydrogen-bond donors (Lipinski definition) is 1. The van der Waals surface area contributed by atoms with E-state index in [1.807, 2.05) is 12.1 Å². The van der Waals surface area contributed by atoms with E-state index < -0.39 is 17.3 Å².